The molecule has 0 spiro atoms. The normalized spacial score (nSPS) is 11.2. The van der Waals surface area contributed by atoms with E-state index >= 15 is 0 Å². The first-order valence-corrected chi connectivity index (χ1v) is 7.92. The van der Waals surface area contributed by atoms with Crippen LogP contribution < -0.4 is 5.32 Å². The predicted molar refractivity (Wildman–Crippen MR) is 86.4 cm³/mol. The Morgan fingerprint density at radius 3 is 2.86 bits per heavy atom. The molecule has 4 nitrogen and oxygen atoms in total. The van der Waals surface area contributed by atoms with E-state index in [1.54, 1.807) is 6.20 Å². The van der Waals surface area contributed by atoms with Crippen LogP contribution in [0.3, 0.4) is 0 Å². The zero-order valence-electron chi connectivity index (χ0n) is 12.6. The third kappa shape index (κ3) is 3.76. The highest BCUT2D eigenvalue weighted by molar-refractivity contribution is 6.35. The largest absolute Gasteiger partial charge is 0.356 e. The molecule has 0 aliphatic rings. The van der Waals surface area contributed by atoms with Crippen LogP contribution in [0, 0.1) is 5.92 Å². The zero-order valence-corrected chi connectivity index (χ0v) is 13.4. The van der Waals surface area contributed by atoms with Gasteiger partial charge in [0.1, 0.15) is 0 Å². The molecule has 1 heterocycles. The van der Waals surface area contributed by atoms with E-state index < -0.39 is 0 Å². The molecule has 0 fully saturated rings. The van der Waals surface area contributed by atoms with E-state index in [4.69, 9.17) is 11.6 Å². The maximum absolute atomic E-state index is 11.9. The molecule has 0 atom stereocenters. The first-order valence-electron chi connectivity index (χ1n) is 7.55. The van der Waals surface area contributed by atoms with Crippen molar-refractivity contribution in [1.82, 2.24) is 15.1 Å². The van der Waals surface area contributed by atoms with Gasteiger partial charge in [-0.3, -0.25) is 9.48 Å². The lowest BCUT2D eigenvalue weighted by atomic mass is 10.0. The van der Waals surface area contributed by atoms with Gasteiger partial charge in [-0.25, -0.2) is 0 Å². The van der Waals surface area contributed by atoms with Crippen LogP contribution in [-0.4, -0.2) is 22.2 Å². The summed E-state index contributed by atoms with van der Waals surface area (Å²) in [6.45, 7) is 5.55. The lowest BCUT2D eigenvalue weighted by molar-refractivity contribution is -0.125. The monoisotopic (exact) mass is 307 g/mol. The fraction of sp³-hybridized carbons (Fsp3) is 0.500. The molecule has 21 heavy (non-hydrogen) atoms. The Balaban J connectivity index is 1.86. The van der Waals surface area contributed by atoms with E-state index in [1.165, 1.54) is 0 Å². The van der Waals surface area contributed by atoms with Gasteiger partial charge < -0.3 is 5.32 Å². The molecule has 1 aromatic carbocycles. The second kappa shape index (κ2) is 7.46. The molecule has 2 rings (SSSR count). The number of carbonyl (C=O) groups excluding carboxylic acids is 1. The van der Waals surface area contributed by atoms with Crippen LogP contribution in [0.15, 0.2) is 24.4 Å². The van der Waals surface area contributed by atoms with E-state index in [0.717, 1.165) is 41.7 Å². The number of fused-ring (bicyclic) bond motifs is 1. The van der Waals surface area contributed by atoms with Crippen LogP contribution in [0.5, 0.6) is 0 Å². The summed E-state index contributed by atoms with van der Waals surface area (Å²) in [5.41, 5.74) is 1.04. The molecule has 0 aliphatic heterocycles. The third-order valence-corrected chi connectivity index (χ3v) is 4.17. The first-order chi connectivity index (χ1) is 10.2. The van der Waals surface area contributed by atoms with Crippen LogP contribution in [0.1, 0.15) is 33.1 Å². The minimum atomic E-state index is 0.134. The number of hydrogen-bond acceptors (Lipinski definition) is 2. The number of aromatic nitrogens is 2. The smallest absolute Gasteiger partial charge is 0.223 e. The number of benzene rings is 1. The number of nitrogens with one attached hydrogen (secondary N) is 1. The van der Waals surface area contributed by atoms with Crippen LogP contribution in [0.4, 0.5) is 0 Å². The topological polar surface area (TPSA) is 46.9 Å². The van der Waals surface area contributed by atoms with Gasteiger partial charge in [0.05, 0.1) is 16.7 Å². The van der Waals surface area contributed by atoms with Gasteiger partial charge in [0.25, 0.3) is 0 Å². The summed E-state index contributed by atoms with van der Waals surface area (Å²) < 4.78 is 1.94. The number of hydrogen-bond donors (Lipinski definition) is 1. The number of rotatable bonds is 7. The molecule has 0 unspecified atom stereocenters. The molecule has 0 saturated heterocycles. The average molecular weight is 308 g/mol. The number of amides is 1. The molecular weight excluding hydrogens is 286 g/mol. The van der Waals surface area contributed by atoms with Gasteiger partial charge in [-0.1, -0.05) is 31.5 Å². The maximum Gasteiger partial charge on any atom is 0.223 e. The molecule has 114 valence electrons. The predicted octanol–water partition coefficient (Wildman–Crippen LogP) is 3.63. The third-order valence-electron chi connectivity index (χ3n) is 3.84. The molecule has 5 heteroatoms. The van der Waals surface area contributed by atoms with Crippen molar-refractivity contribution in [3.8, 4) is 0 Å². The fourth-order valence-corrected chi connectivity index (χ4v) is 2.71. The molecule has 0 bridgehead atoms. The highest BCUT2D eigenvalue weighted by atomic mass is 35.5. The number of nitrogens with zero attached hydrogens (tertiary/aromatic N) is 2. The summed E-state index contributed by atoms with van der Waals surface area (Å²) in [4.78, 5) is 11.9. The highest BCUT2D eigenvalue weighted by Gasteiger charge is 2.13. The summed E-state index contributed by atoms with van der Waals surface area (Å²) in [5, 5.41) is 9.06. The number of carbonyl (C=O) groups is 1. The highest BCUT2D eigenvalue weighted by Crippen LogP contribution is 2.22. The second-order valence-electron chi connectivity index (χ2n) is 5.20. The van der Waals surface area contributed by atoms with Gasteiger partial charge >= 0.3 is 0 Å². The Hall–Kier alpha value is -1.55. The van der Waals surface area contributed by atoms with Gasteiger partial charge in [-0.2, -0.15) is 5.10 Å². The molecule has 0 saturated carbocycles. The van der Waals surface area contributed by atoms with E-state index in [1.807, 2.05) is 36.7 Å². The Kier molecular flexibility index (Phi) is 5.62. The van der Waals surface area contributed by atoms with Crippen molar-refractivity contribution >= 4 is 28.4 Å². The lowest BCUT2D eigenvalue weighted by Gasteiger charge is -2.12. The summed E-state index contributed by atoms with van der Waals surface area (Å²) in [6.07, 6.45) is 4.44. The summed E-state index contributed by atoms with van der Waals surface area (Å²) >= 11 is 6.13. The summed E-state index contributed by atoms with van der Waals surface area (Å²) in [5.74, 6) is 0.294. The second-order valence-corrected chi connectivity index (χ2v) is 5.61. The minimum absolute atomic E-state index is 0.134. The van der Waals surface area contributed by atoms with Crippen molar-refractivity contribution in [2.75, 3.05) is 6.54 Å². The Bertz CT molecular complexity index is 605. The molecule has 2 aromatic rings. The van der Waals surface area contributed by atoms with Crippen molar-refractivity contribution < 1.29 is 4.79 Å². The van der Waals surface area contributed by atoms with Gasteiger partial charge in [0, 0.05) is 24.4 Å². The van der Waals surface area contributed by atoms with Gasteiger partial charge in [0.2, 0.25) is 5.91 Å². The lowest BCUT2D eigenvalue weighted by Crippen LogP contribution is -2.31. The van der Waals surface area contributed by atoms with Crippen LogP contribution in [-0.2, 0) is 11.3 Å². The van der Waals surface area contributed by atoms with E-state index in [0.29, 0.717) is 6.54 Å². The Morgan fingerprint density at radius 1 is 1.38 bits per heavy atom. The maximum atomic E-state index is 11.9. The van der Waals surface area contributed by atoms with Crippen LogP contribution in [0.2, 0.25) is 5.02 Å². The fourth-order valence-electron chi connectivity index (χ4n) is 2.49. The SMILES string of the molecule is CCC(CC)C(=O)NCCCn1ncc2c(Cl)cccc21. The van der Waals surface area contributed by atoms with Gasteiger partial charge in [-0.15, -0.1) is 0 Å². The molecular formula is C16H22ClN3O. The minimum Gasteiger partial charge on any atom is -0.356 e. The van der Waals surface area contributed by atoms with Crippen LogP contribution >= 0.6 is 11.6 Å². The van der Waals surface area contributed by atoms with Crippen molar-refractivity contribution in [2.45, 2.75) is 39.7 Å². The van der Waals surface area contributed by atoms with Crippen LogP contribution in [0.25, 0.3) is 10.9 Å². The van der Waals surface area contributed by atoms with Crippen molar-refractivity contribution in [3.63, 3.8) is 0 Å². The molecule has 0 radical (unpaired) electrons. The van der Waals surface area contributed by atoms with Gasteiger partial charge in [-0.05, 0) is 31.4 Å². The quantitative estimate of drug-likeness (QED) is 0.794. The number of aryl methyl sites for hydroxylation is 1. The standard InChI is InChI=1S/C16H22ClN3O/c1-3-12(4-2)16(21)18-9-6-10-20-15-8-5-7-14(17)13(15)11-19-20/h5,7-8,11-12H,3-4,6,9-10H2,1-2H3,(H,18,21). The average Bonchev–Trinajstić information content (AvgIpc) is 2.90. The summed E-state index contributed by atoms with van der Waals surface area (Å²) in [6, 6.07) is 5.81. The van der Waals surface area contributed by atoms with E-state index in [2.05, 4.69) is 10.4 Å². The van der Waals surface area contributed by atoms with Crippen molar-refractivity contribution in [3.05, 3.63) is 29.4 Å². The Morgan fingerprint density at radius 2 is 2.14 bits per heavy atom. The van der Waals surface area contributed by atoms with Crippen molar-refractivity contribution in [1.29, 1.82) is 0 Å². The van der Waals surface area contributed by atoms with E-state index in [-0.39, 0.29) is 11.8 Å². The van der Waals surface area contributed by atoms with Gasteiger partial charge in [0.15, 0.2) is 0 Å². The Labute approximate surface area is 130 Å². The first kappa shape index (κ1) is 15.8. The molecule has 1 N–H and O–H groups in total. The summed E-state index contributed by atoms with van der Waals surface area (Å²) in [7, 11) is 0. The van der Waals surface area contributed by atoms with E-state index in [9.17, 15) is 4.79 Å². The number of halogens is 1. The van der Waals surface area contributed by atoms with Crippen molar-refractivity contribution in [2.24, 2.45) is 5.92 Å². The zero-order chi connectivity index (χ0) is 15.2. The molecule has 1 amide bonds. The molecule has 0 aliphatic carbocycles. The molecule has 1 aromatic heterocycles.